The first kappa shape index (κ1) is 21.7. The number of hydrogen-bond acceptors (Lipinski definition) is 4. The number of alkyl halides is 3. The van der Waals surface area contributed by atoms with Gasteiger partial charge in [0.25, 0.3) is 5.91 Å². The summed E-state index contributed by atoms with van der Waals surface area (Å²) in [6, 6.07) is 17.9. The van der Waals surface area contributed by atoms with Gasteiger partial charge in [-0.05, 0) is 54.6 Å². The molecule has 0 saturated carbocycles. The van der Waals surface area contributed by atoms with Gasteiger partial charge in [0, 0.05) is 22.8 Å². The van der Waals surface area contributed by atoms with E-state index in [2.05, 4.69) is 36.3 Å². The number of nitrogens with zero attached hydrogens (tertiary/aromatic N) is 2. The second-order valence-electron chi connectivity index (χ2n) is 6.83. The molecule has 4 rings (SSSR count). The van der Waals surface area contributed by atoms with Gasteiger partial charge >= 0.3 is 6.36 Å². The van der Waals surface area contributed by atoms with Crippen LogP contribution in [0.1, 0.15) is 10.4 Å². The monoisotopic (exact) mass is 504 g/mol. The molecule has 0 aliphatic carbocycles. The van der Waals surface area contributed by atoms with Crippen molar-refractivity contribution in [3.05, 3.63) is 76.8 Å². The first-order valence-corrected chi connectivity index (χ1v) is 10.1. The molecule has 1 heterocycles. The second kappa shape index (κ2) is 8.54. The van der Waals surface area contributed by atoms with Gasteiger partial charge in [0.2, 0.25) is 5.95 Å². The fourth-order valence-electron chi connectivity index (χ4n) is 3.09. The van der Waals surface area contributed by atoms with Crippen LogP contribution in [0.5, 0.6) is 5.75 Å². The molecule has 0 bridgehead atoms. The standard InChI is InChI=1S/C22H16BrF3N4O2/c1-30-18-11-6-13(20(31)27-15-9-7-14(23)8-10-15)12-17(18)29-21(30)28-16-4-2-3-5-19(16)32-22(24,25)26/h2-12H,1H3,(H,27,31)(H,28,29). The van der Waals surface area contributed by atoms with Gasteiger partial charge in [-0.25, -0.2) is 4.98 Å². The Morgan fingerprint density at radius 2 is 1.78 bits per heavy atom. The van der Waals surface area contributed by atoms with E-state index in [-0.39, 0.29) is 17.3 Å². The minimum absolute atomic E-state index is 0.108. The molecule has 2 N–H and O–H groups in total. The van der Waals surface area contributed by atoms with E-state index in [4.69, 9.17) is 0 Å². The third-order valence-electron chi connectivity index (χ3n) is 4.60. The lowest BCUT2D eigenvalue weighted by molar-refractivity contribution is -0.274. The van der Waals surface area contributed by atoms with Crippen molar-refractivity contribution in [1.29, 1.82) is 0 Å². The molecule has 1 amide bonds. The summed E-state index contributed by atoms with van der Waals surface area (Å²) in [6.07, 6.45) is -4.82. The number of hydrogen-bond donors (Lipinski definition) is 2. The summed E-state index contributed by atoms with van der Waals surface area (Å²) >= 11 is 3.34. The second-order valence-corrected chi connectivity index (χ2v) is 7.74. The number of carbonyl (C=O) groups excluding carboxylic acids is 1. The molecule has 3 aromatic carbocycles. The fourth-order valence-corrected chi connectivity index (χ4v) is 3.36. The molecule has 0 fully saturated rings. The minimum Gasteiger partial charge on any atom is -0.404 e. The van der Waals surface area contributed by atoms with Crippen LogP contribution in [0.4, 0.5) is 30.5 Å². The van der Waals surface area contributed by atoms with E-state index in [0.717, 1.165) is 4.47 Å². The summed E-state index contributed by atoms with van der Waals surface area (Å²) in [5, 5.41) is 5.68. The van der Waals surface area contributed by atoms with Crippen LogP contribution in [0, 0.1) is 0 Å². The molecule has 4 aromatic rings. The smallest absolute Gasteiger partial charge is 0.404 e. The van der Waals surface area contributed by atoms with Crippen LogP contribution < -0.4 is 15.4 Å². The molecule has 0 aliphatic rings. The van der Waals surface area contributed by atoms with Crippen molar-refractivity contribution in [2.45, 2.75) is 6.36 Å². The summed E-state index contributed by atoms with van der Waals surface area (Å²) in [4.78, 5) is 17.0. The summed E-state index contributed by atoms with van der Waals surface area (Å²) in [5.74, 6) is -0.386. The maximum Gasteiger partial charge on any atom is 0.573 e. The quantitative estimate of drug-likeness (QED) is 0.338. The number of benzene rings is 3. The lowest BCUT2D eigenvalue weighted by atomic mass is 10.2. The summed E-state index contributed by atoms with van der Waals surface area (Å²) in [7, 11) is 1.71. The van der Waals surface area contributed by atoms with Crippen molar-refractivity contribution in [3.8, 4) is 5.75 Å². The Kier molecular flexibility index (Phi) is 5.79. The summed E-state index contributed by atoms with van der Waals surface area (Å²) in [6.45, 7) is 0. The molecule has 0 unspecified atom stereocenters. The molecule has 0 atom stereocenters. The van der Waals surface area contributed by atoms with Crippen LogP contribution in [0.15, 0.2) is 71.2 Å². The van der Waals surface area contributed by atoms with Crippen LogP contribution in [-0.4, -0.2) is 21.8 Å². The first-order valence-electron chi connectivity index (χ1n) is 9.35. The maximum atomic E-state index is 12.7. The molecule has 1 aromatic heterocycles. The van der Waals surface area contributed by atoms with Crippen LogP contribution in [0.25, 0.3) is 11.0 Å². The Bertz CT molecular complexity index is 1290. The van der Waals surface area contributed by atoms with Crippen molar-refractivity contribution in [2.24, 2.45) is 7.05 Å². The molecular formula is C22H16BrF3N4O2. The Labute approximate surface area is 189 Å². The zero-order chi connectivity index (χ0) is 22.9. The highest BCUT2D eigenvalue weighted by Gasteiger charge is 2.32. The molecule has 0 saturated heterocycles. The number of aromatic nitrogens is 2. The van der Waals surface area contributed by atoms with Gasteiger partial charge in [0.15, 0.2) is 5.75 Å². The van der Waals surface area contributed by atoms with E-state index in [1.807, 2.05) is 12.1 Å². The lowest BCUT2D eigenvalue weighted by Crippen LogP contribution is -2.18. The number of halogens is 4. The Morgan fingerprint density at radius 3 is 2.50 bits per heavy atom. The van der Waals surface area contributed by atoms with Crippen LogP contribution in [0.2, 0.25) is 0 Å². The van der Waals surface area contributed by atoms with Gasteiger partial charge in [-0.3, -0.25) is 4.79 Å². The molecule has 0 aliphatic heterocycles. The number of ether oxygens (including phenoxy) is 1. The van der Waals surface area contributed by atoms with Crippen LogP contribution >= 0.6 is 15.9 Å². The number of carbonyl (C=O) groups is 1. The number of fused-ring (bicyclic) bond motifs is 1. The average molecular weight is 505 g/mol. The number of para-hydroxylation sites is 2. The van der Waals surface area contributed by atoms with Gasteiger partial charge in [-0.1, -0.05) is 28.1 Å². The Morgan fingerprint density at radius 1 is 1.06 bits per heavy atom. The molecular weight excluding hydrogens is 489 g/mol. The van der Waals surface area contributed by atoms with Crippen LogP contribution in [0.3, 0.4) is 0 Å². The Balaban J connectivity index is 1.60. The summed E-state index contributed by atoms with van der Waals surface area (Å²) in [5.41, 5.74) is 2.35. The number of imidazole rings is 1. The highest BCUT2D eigenvalue weighted by atomic mass is 79.9. The number of aryl methyl sites for hydroxylation is 1. The van der Waals surface area contributed by atoms with E-state index in [0.29, 0.717) is 28.2 Å². The molecule has 0 radical (unpaired) electrons. The highest BCUT2D eigenvalue weighted by Crippen LogP contribution is 2.32. The van der Waals surface area contributed by atoms with Gasteiger partial charge in [0.1, 0.15) is 0 Å². The summed E-state index contributed by atoms with van der Waals surface area (Å²) < 4.78 is 44.7. The molecule has 0 spiro atoms. The van der Waals surface area contributed by atoms with Crippen LogP contribution in [-0.2, 0) is 7.05 Å². The molecule has 10 heteroatoms. The largest absolute Gasteiger partial charge is 0.573 e. The number of anilines is 3. The van der Waals surface area contributed by atoms with E-state index >= 15 is 0 Å². The predicted molar refractivity (Wildman–Crippen MR) is 119 cm³/mol. The SMILES string of the molecule is Cn1c(Nc2ccccc2OC(F)(F)F)nc2cc(C(=O)Nc3ccc(Br)cc3)ccc21. The topological polar surface area (TPSA) is 68.2 Å². The van der Waals surface area contributed by atoms with Gasteiger partial charge in [-0.15, -0.1) is 13.2 Å². The minimum atomic E-state index is -4.82. The lowest BCUT2D eigenvalue weighted by Gasteiger charge is -2.14. The van der Waals surface area contributed by atoms with Crippen molar-refractivity contribution in [2.75, 3.05) is 10.6 Å². The van der Waals surface area contributed by atoms with E-state index in [1.165, 1.54) is 18.2 Å². The predicted octanol–water partition coefficient (Wildman–Crippen LogP) is 6.23. The third-order valence-corrected chi connectivity index (χ3v) is 5.13. The van der Waals surface area contributed by atoms with E-state index < -0.39 is 6.36 Å². The van der Waals surface area contributed by atoms with Crippen molar-refractivity contribution < 1.29 is 22.7 Å². The van der Waals surface area contributed by atoms with Crippen molar-refractivity contribution >= 4 is 50.2 Å². The molecule has 32 heavy (non-hydrogen) atoms. The Hall–Kier alpha value is -3.53. The van der Waals surface area contributed by atoms with Gasteiger partial charge in [0.05, 0.1) is 16.7 Å². The van der Waals surface area contributed by atoms with Gasteiger partial charge < -0.3 is 19.9 Å². The average Bonchev–Trinajstić information content (AvgIpc) is 3.05. The van der Waals surface area contributed by atoms with Crippen molar-refractivity contribution in [3.63, 3.8) is 0 Å². The fraction of sp³-hybridized carbons (Fsp3) is 0.0909. The normalized spacial score (nSPS) is 11.4. The number of amides is 1. The van der Waals surface area contributed by atoms with Crippen molar-refractivity contribution in [1.82, 2.24) is 9.55 Å². The van der Waals surface area contributed by atoms with Gasteiger partial charge in [-0.2, -0.15) is 0 Å². The number of rotatable bonds is 5. The molecule has 6 nitrogen and oxygen atoms in total. The third kappa shape index (κ3) is 4.86. The van der Waals surface area contributed by atoms with E-state index in [1.54, 1.807) is 48.0 Å². The zero-order valence-corrected chi connectivity index (χ0v) is 18.2. The maximum absolute atomic E-state index is 12.7. The number of nitrogens with one attached hydrogen (secondary N) is 2. The highest BCUT2D eigenvalue weighted by molar-refractivity contribution is 9.10. The first-order chi connectivity index (χ1) is 15.2. The molecule has 164 valence electrons. The van der Waals surface area contributed by atoms with E-state index in [9.17, 15) is 18.0 Å². The zero-order valence-electron chi connectivity index (χ0n) is 16.6.